The number of carbonyl (C=O) groups excluding carboxylic acids is 2. The van der Waals surface area contributed by atoms with E-state index in [1.54, 1.807) is 35.8 Å². The predicted octanol–water partition coefficient (Wildman–Crippen LogP) is 9.67. The lowest BCUT2D eigenvalue weighted by Crippen LogP contribution is -2.42. The van der Waals surface area contributed by atoms with Crippen molar-refractivity contribution in [3.05, 3.63) is 95.6 Å². The molecule has 0 spiro atoms. The van der Waals surface area contributed by atoms with Gasteiger partial charge < -0.3 is 35.3 Å². The lowest BCUT2D eigenvalue weighted by Gasteiger charge is -2.38. The third-order valence-corrected chi connectivity index (χ3v) is 13.7. The van der Waals surface area contributed by atoms with Gasteiger partial charge in [-0.1, -0.05) is 147 Å². The highest BCUT2D eigenvalue weighted by molar-refractivity contribution is 8.76. The molecule has 2 atom stereocenters. The number of nitrogens with two attached hydrogens (primary N) is 1. The fourth-order valence-electron chi connectivity index (χ4n) is 7.89. The second-order valence-electron chi connectivity index (χ2n) is 15.6. The van der Waals surface area contributed by atoms with Crippen LogP contribution in [0.15, 0.2) is 78.9 Å². The Hall–Kier alpha value is -3.22. The van der Waals surface area contributed by atoms with E-state index in [9.17, 15) is 14.7 Å². The van der Waals surface area contributed by atoms with Crippen molar-refractivity contribution in [3.8, 4) is 11.5 Å². The van der Waals surface area contributed by atoms with Crippen LogP contribution in [-0.4, -0.2) is 85.9 Å². The molecule has 0 bridgehead atoms. The van der Waals surface area contributed by atoms with Crippen LogP contribution in [0, 0.1) is 0 Å². The van der Waals surface area contributed by atoms with Gasteiger partial charge >= 0.3 is 0 Å². The summed E-state index contributed by atoms with van der Waals surface area (Å²) in [7, 11) is 6.77. The average molecular weight is 850 g/mol. The van der Waals surface area contributed by atoms with E-state index in [1.165, 1.54) is 70.6 Å². The number of hydrogen-bond donors (Lipinski definition) is 3. The number of nitrogens with one attached hydrogen (secondary N) is 1. The van der Waals surface area contributed by atoms with Gasteiger partial charge in [-0.3, -0.25) is 9.59 Å². The first-order valence-corrected chi connectivity index (χ1v) is 24.6. The lowest BCUT2D eigenvalue weighted by atomic mass is 9.80. The van der Waals surface area contributed by atoms with E-state index in [4.69, 9.17) is 19.9 Å². The number of amides is 2. The summed E-state index contributed by atoms with van der Waals surface area (Å²) in [6.45, 7) is 2.02. The van der Waals surface area contributed by atoms with Gasteiger partial charge in [0.25, 0.3) is 0 Å². The number of β-amino-alcohol motifs (C(OH)–C–C–N with tert-alkyl or cyclic N) is 1. The van der Waals surface area contributed by atoms with Crippen molar-refractivity contribution in [3.63, 3.8) is 0 Å². The van der Waals surface area contributed by atoms with Gasteiger partial charge in [-0.25, -0.2) is 0 Å². The number of aliphatic hydroxyl groups excluding tert-OH is 1. The molecule has 1 heterocycles. The fourth-order valence-corrected chi connectivity index (χ4v) is 9.88. The summed E-state index contributed by atoms with van der Waals surface area (Å²) in [4.78, 5) is 27.7. The van der Waals surface area contributed by atoms with Crippen molar-refractivity contribution in [1.29, 1.82) is 0 Å². The minimum Gasteiger partial charge on any atom is -0.497 e. The second-order valence-corrected chi connectivity index (χ2v) is 18.3. The van der Waals surface area contributed by atoms with Gasteiger partial charge in [0.15, 0.2) is 0 Å². The van der Waals surface area contributed by atoms with Crippen molar-refractivity contribution in [1.82, 2.24) is 10.2 Å². The van der Waals surface area contributed by atoms with E-state index >= 15 is 0 Å². The van der Waals surface area contributed by atoms with E-state index in [0.717, 1.165) is 65.5 Å². The third-order valence-electron chi connectivity index (χ3n) is 11.2. The van der Waals surface area contributed by atoms with Crippen molar-refractivity contribution in [2.45, 2.75) is 127 Å². The van der Waals surface area contributed by atoms with Crippen LogP contribution in [0.2, 0.25) is 0 Å². The molecule has 0 unspecified atom stereocenters. The van der Waals surface area contributed by atoms with Crippen LogP contribution >= 0.6 is 21.6 Å². The Morgan fingerprint density at radius 2 is 1.20 bits per heavy atom. The summed E-state index contributed by atoms with van der Waals surface area (Å²) >= 11 is 0. The van der Waals surface area contributed by atoms with Crippen LogP contribution < -0.4 is 20.5 Å². The average Bonchev–Trinajstić information content (AvgIpc) is 3.65. The first kappa shape index (κ1) is 48.4. The third kappa shape index (κ3) is 16.6. The maximum atomic E-state index is 13.6. The number of benzene rings is 3. The van der Waals surface area contributed by atoms with Gasteiger partial charge in [-0.2, -0.15) is 0 Å². The largest absolute Gasteiger partial charge is 0.497 e. The lowest BCUT2D eigenvalue weighted by molar-refractivity contribution is -0.134. The molecule has 326 valence electrons. The molecule has 1 saturated heterocycles. The van der Waals surface area contributed by atoms with Crippen molar-refractivity contribution >= 4 is 33.4 Å². The highest BCUT2D eigenvalue weighted by Gasteiger charge is 2.41. The molecular weight excluding hydrogens is 779 g/mol. The Morgan fingerprint density at radius 3 is 1.75 bits per heavy atom. The maximum absolute atomic E-state index is 13.6. The summed E-state index contributed by atoms with van der Waals surface area (Å²) in [6, 6.07) is 25.6. The molecule has 0 saturated carbocycles. The molecule has 59 heavy (non-hydrogen) atoms. The SMILES string of the molecule is COc1ccc(C(OC[C@@H]2C[C@@H](O)CN2C(=O)CCCSSCCNC(=O)CCCCCCCCCCCCCCCN)(c2ccccc2)c2ccc(OC)cc2)cc1. The quantitative estimate of drug-likeness (QED) is 0.0330. The number of likely N-dealkylation sites (tertiary alicyclic amines) is 1. The van der Waals surface area contributed by atoms with Gasteiger partial charge in [0, 0.05) is 37.4 Å². The minimum absolute atomic E-state index is 0.0347. The van der Waals surface area contributed by atoms with Gasteiger partial charge in [0.05, 0.1) is 33.0 Å². The second kappa shape index (κ2) is 28.3. The summed E-state index contributed by atoms with van der Waals surface area (Å²) < 4.78 is 18.0. The predicted molar refractivity (Wildman–Crippen MR) is 245 cm³/mol. The number of carbonyl (C=O) groups is 2. The number of rotatable bonds is 31. The summed E-state index contributed by atoms with van der Waals surface area (Å²) in [5.41, 5.74) is 7.34. The molecule has 4 N–H and O–H groups in total. The molecule has 0 aromatic heterocycles. The number of hydrogen-bond acceptors (Lipinski definition) is 9. The molecular formula is C48H71N3O6S2. The molecule has 1 aliphatic heterocycles. The zero-order valence-electron chi connectivity index (χ0n) is 35.8. The van der Waals surface area contributed by atoms with Crippen LogP contribution in [0.4, 0.5) is 0 Å². The van der Waals surface area contributed by atoms with E-state index < -0.39 is 11.7 Å². The van der Waals surface area contributed by atoms with Gasteiger partial charge in [-0.15, -0.1) is 0 Å². The van der Waals surface area contributed by atoms with E-state index in [0.29, 0.717) is 32.4 Å². The molecule has 0 radical (unpaired) electrons. The Balaban J connectivity index is 1.15. The zero-order chi connectivity index (χ0) is 42.0. The smallest absolute Gasteiger partial charge is 0.223 e. The number of nitrogens with zero attached hydrogens (tertiary/aromatic N) is 1. The minimum atomic E-state index is -1.00. The highest BCUT2D eigenvalue weighted by Crippen LogP contribution is 2.42. The van der Waals surface area contributed by atoms with Gasteiger partial charge in [0.1, 0.15) is 17.1 Å². The Bertz CT molecular complexity index is 1530. The summed E-state index contributed by atoms with van der Waals surface area (Å²) in [6.07, 6.45) is 18.0. The van der Waals surface area contributed by atoms with Crippen molar-refractivity contribution in [2.24, 2.45) is 5.73 Å². The van der Waals surface area contributed by atoms with E-state index in [2.05, 4.69) is 17.4 Å². The van der Waals surface area contributed by atoms with Gasteiger partial charge in [-0.05, 0) is 73.2 Å². The van der Waals surface area contributed by atoms with Crippen LogP contribution in [-0.2, 0) is 19.9 Å². The van der Waals surface area contributed by atoms with Crippen molar-refractivity contribution in [2.75, 3.05) is 52.0 Å². The van der Waals surface area contributed by atoms with Crippen LogP contribution in [0.1, 0.15) is 126 Å². The molecule has 1 fully saturated rings. The van der Waals surface area contributed by atoms with E-state index in [1.807, 2.05) is 71.6 Å². The van der Waals surface area contributed by atoms with E-state index in [-0.39, 0.29) is 24.5 Å². The summed E-state index contributed by atoms with van der Waals surface area (Å²) in [5.74, 6) is 3.34. The maximum Gasteiger partial charge on any atom is 0.223 e. The van der Waals surface area contributed by atoms with Crippen LogP contribution in [0.5, 0.6) is 11.5 Å². The molecule has 4 rings (SSSR count). The number of unbranched alkanes of at least 4 members (excludes halogenated alkanes) is 12. The Morgan fingerprint density at radius 1 is 0.695 bits per heavy atom. The Kier molecular flexibility index (Phi) is 23.3. The molecule has 0 aliphatic carbocycles. The number of methoxy groups -OCH3 is 2. The molecule has 2 amide bonds. The fraction of sp³-hybridized carbons (Fsp3) is 0.583. The standard InChI is InChI=1S/C48H71N3O6S2/c1-55-44-28-24-40(25-29-44)48(39-20-15-14-16-21-39,41-26-30-45(56-2)31-27-41)57-38-42-36-43(52)37-51(42)47(54)23-19-34-58-59-35-33-50-46(53)22-17-12-10-8-6-4-3-5-7-9-11-13-18-32-49/h14-16,20-21,24-31,42-43,52H,3-13,17-19,22-23,32-38,49H2,1-2H3,(H,50,53)/t42-,43+/m0/s1. The highest BCUT2D eigenvalue weighted by atomic mass is 33.1. The topological polar surface area (TPSA) is 123 Å². The first-order chi connectivity index (χ1) is 28.9. The number of aliphatic hydroxyl groups is 1. The molecule has 9 nitrogen and oxygen atoms in total. The Labute approximate surface area is 362 Å². The van der Waals surface area contributed by atoms with Crippen molar-refractivity contribution < 1.29 is 28.9 Å². The monoisotopic (exact) mass is 849 g/mol. The normalized spacial score (nSPS) is 15.4. The van der Waals surface area contributed by atoms with Crippen LogP contribution in [0.25, 0.3) is 0 Å². The molecule has 11 heteroatoms. The van der Waals surface area contributed by atoms with Crippen LogP contribution in [0.3, 0.4) is 0 Å². The number of ether oxygens (including phenoxy) is 3. The molecule has 1 aliphatic rings. The molecule has 3 aromatic rings. The summed E-state index contributed by atoms with van der Waals surface area (Å²) in [5, 5.41) is 13.8. The van der Waals surface area contributed by atoms with Gasteiger partial charge in [0.2, 0.25) is 11.8 Å². The molecule has 3 aromatic carbocycles. The first-order valence-electron chi connectivity index (χ1n) is 22.1. The zero-order valence-corrected chi connectivity index (χ0v) is 37.4.